The molecule has 2 heteroatoms. The molecule has 0 aliphatic heterocycles. The van der Waals surface area contributed by atoms with Gasteiger partial charge in [-0.05, 0) is 25.0 Å². The van der Waals surface area contributed by atoms with E-state index in [1.165, 1.54) is 32.1 Å². The topological polar surface area (TPSA) is 32.9 Å². The molecular weight excluding hydrogens is 246 g/mol. The van der Waals surface area contributed by atoms with Crippen LogP contribution in [0.25, 0.3) is 0 Å². The SMILES string of the molecule is CC.CC.CCCCCCC/C=C/C(=O)c1cc[nH]c1. The average molecular weight is 279 g/mol. The maximum Gasteiger partial charge on any atom is 0.187 e. The molecule has 1 rings (SSSR count). The molecule has 0 amide bonds. The fourth-order valence-corrected chi connectivity index (χ4v) is 1.63. The number of carbonyl (C=O) groups is 1. The summed E-state index contributed by atoms with van der Waals surface area (Å²) in [5.74, 6) is 0.0924. The van der Waals surface area contributed by atoms with Crippen molar-refractivity contribution in [3.63, 3.8) is 0 Å². The zero-order valence-corrected chi connectivity index (χ0v) is 14.0. The summed E-state index contributed by atoms with van der Waals surface area (Å²) < 4.78 is 0. The summed E-state index contributed by atoms with van der Waals surface area (Å²) in [7, 11) is 0. The van der Waals surface area contributed by atoms with Crippen LogP contribution in [0, 0.1) is 0 Å². The summed E-state index contributed by atoms with van der Waals surface area (Å²) in [5.41, 5.74) is 0.738. The Labute approximate surface area is 125 Å². The lowest BCUT2D eigenvalue weighted by Crippen LogP contribution is -1.90. The number of hydrogen-bond donors (Lipinski definition) is 1. The zero-order chi connectivity index (χ0) is 15.6. The lowest BCUT2D eigenvalue weighted by atomic mass is 10.1. The summed E-state index contributed by atoms with van der Waals surface area (Å²) in [6, 6.07) is 1.80. The third-order valence-electron chi connectivity index (χ3n) is 2.63. The number of unbranched alkanes of at least 4 members (excludes halogenated alkanes) is 5. The van der Waals surface area contributed by atoms with Gasteiger partial charge in [-0.25, -0.2) is 0 Å². The molecule has 1 N–H and O–H groups in total. The van der Waals surface area contributed by atoms with Crippen LogP contribution in [0.2, 0.25) is 0 Å². The number of ketones is 1. The van der Waals surface area contributed by atoms with Gasteiger partial charge >= 0.3 is 0 Å². The van der Waals surface area contributed by atoms with Gasteiger partial charge in [0.25, 0.3) is 0 Å². The maximum atomic E-state index is 11.5. The summed E-state index contributed by atoms with van der Waals surface area (Å²) in [6.45, 7) is 10.2. The Kier molecular flexibility index (Phi) is 18.6. The van der Waals surface area contributed by atoms with Gasteiger partial charge in [-0.1, -0.05) is 66.4 Å². The Morgan fingerprint density at radius 3 is 2.30 bits per heavy atom. The minimum Gasteiger partial charge on any atom is -0.367 e. The summed E-state index contributed by atoms with van der Waals surface area (Å²) in [4.78, 5) is 14.4. The molecule has 0 unspecified atom stereocenters. The number of rotatable bonds is 8. The molecule has 20 heavy (non-hydrogen) atoms. The Morgan fingerprint density at radius 2 is 1.75 bits per heavy atom. The van der Waals surface area contributed by atoms with E-state index in [-0.39, 0.29) is 5.78 Å². The van der Waals surface area contributed by atoms with Crippen LogP contribution in [0.5, 0.6) is 0 Å². The minimum absolute atomic E-state index is 0.0924. The molecular formula is C18H33NO. The van der Waals surface area contributed by atoms with Gasteiger partial charge in [-0.2, -0.15) is 0 Å². The number of carbonyl (C=O) groups excluding carboxylic acids is 1. The van der Waals surface area contributed by atoms with Gasteiger partial charge in [-0.15, -0.1) is 0 Å². The van der Waals surface area contributed by atoms with Crippen molar-refractivity contribution < 1.29 is 4.79 Å². The first-order chi connectivity index (χ1) is 9.84. The molecule has 0 aliphatic rings. The Bertz CT molecular complexity index is 312. The number of aromatic nitrogens is 1. The first-order valence-corrected chi connectivity index (χ1v) is 8.18. The molecule has 1 heterocycles. The number of nitrogens with one attached hydrogen (secondary N) is 1. The largest absolute Gasteiger partial charge is 0.367 e. The zero-order valence-electron chi connectivity index (χ0n) is 14.0. The van der Waals surface area contributed by atoms with Crippen molar-refractivity contribution in [2.75, 3.05) is 0 Å². The first-order valence-electron chi connectivity index (χ1n) is 8.18. The number of allylic oxidation sites excluding steroid dienone is 2. The predicted octanol–water partition coefficient (Wildman–Crippen LogP) is 6.17. The lowest BCUT2D eigenvalue weighted by molar-refractivity contribution is 0.104. The Morgan fingerprint density at radius 1 is 1.10 bits per heavy atom. The van der Waals surface area contributed by atoms with Crippen molar-refractivity contribution in [2.45, 2.75) is 73.1 Å². The molecule has 0 bridgehead atoms. The van der Waals surface area contributed by atoms with Gasteiger partial charge in [0.1, 0.15) is 0 Å². The molecule has 1 aromatic rings. The van der Waals surface area contributed by atoms with Gasteiger partial charge in [0.2, 0.25) is 0 Å². The maximum absolute atomic E-state index is 11.5. The molecule has 116 valence electrons. The third-order valence-corrected chi connectivity index (χ3v) is 2.63. The van der Waals surface area contributed by atoms with Crippen LogP contribution in [0.4, 0.5) is 0 Å². The summed E-state index contributed by atoms with van der Waals surface area (Å²) in [5, 5.41) is 0. The lowest BCUT2D eigenvalue weighted by Gasteiger charge is -1.95. The molecule has 0 aliphatic carbocycles. The van der Waals surface area contributed by atoms with Crippen LogP contribution in [-0.4, -0.2) is 10.8 Å². The van der Waals surface area contributed by atoms with E-state index in [2.05, 4.69) is 11.9 Å². The fraction of sp³-hybridized carbons (Fsp3) is 0.611. The smallest absolute Gasteiger partial charge is 0.187 e. The minimum atomic E-state index is 0.0924. The summed E-state index contributed by atoms with van der Waals surface area (Å²) >= 11 is 0. The van der Waals surface area contributed by atoms with E-state index in [0.29, 0.717) is 0 Å². The Balaban J connectivity index is 0. The van der Waals surface area contributed by atoms with Crippen molar-refractivity contribution in [3.05, 3.63) is 36.2 Å². The normalized spacial score (nSPS) is 9.45. The highest BCUT2D eigenvalue weighted by Gasteiger charge is 1.99. The van der Waals surface area contributed by atoms with Gasteiger partial charge < -0.3 is 4.98 Å². The van der Waals surface area contributed by atoms with Crippen molar-refractivity contribution in [3.8, 4) is 0 Å². The van der Waals surface area contributed by atoms with Crippen molar-refractivity contribution in [1.82, 2.24) is 4.98 Å². The molecule has 0 atom stereocenters. The molecule has 0 radical (unpaired) electrons. The number of H-pyrrole nitrogens is 1. The van der Waals surface area contributed by atoms with Gasteiger partial charge in [0, 0.05) is 18.0 Å². The second-order valence-electron chi connectivity index (χ2n) is 4.07. The van der Waals surface area contributed by atoms with Crippen LogP contribution >= 0.6 is 0 Å². The van der Waals surface area contributed by atoms with Crippen molar-refractivity contribution >= 4 is 5.78 Å². The second kappa shape index (κ2) is 17.7. The van der Waals surface area contributed by atoms with Crippen molar-refractivity contribution in [2.24, 2.45) is 0 Å². The van der Waals surface area contributed by atoms with E-state index in [1.54, 1.807) is 24.5 Å². The fourth-order valence-electron chi connectivity index (χ4n) is 1.63. The van der Waals surface area contributed by atoms with Crippen LogP contribution in [0.15, 0.2) is 30.6 Å². The van der Waals surface area contributed by atoms with E-state index >= 15 is 0 Å². The van der Waals surface area contributed by atoms with E-state index in [1.807, 2.05) is 33.8 Å². The molecule has 0 aromatic carbocycles. The highest BCUT2D eigenvalue weighted by Crippen LogP contribution is 2.06. The summed E-state index contributed by atoms with van der Waals surface area (Å²) in [6.07, 6.45) is 14.6. The van der Waals surface area contributed by atoms with E-state index in [4.69, 9.17) is 0 Å². The molecule has 0 saturated heterocycles. The van der Waals surface area contributed by atoms with E-state index < -0.39 is 0 Å². The molecule has 0 fully saturated rings. The standard InChI is InChI=1S/C14H21NO.2C2H6/c1-2-3-4-5-6-7-8-9-14(16)13-10-11-15-12-13;2*1-2/h8-12,15H,2-7H2,1H3;2*1-2H3/b9-8+;;. The van der Waals surface area contributed by atoms with Gasteiger partial charge in [0.05, 0.1) is 0 Å². The van der Waals surface area contributed by atoms with E-state index in [9.17, 15) is 4.79 Å². The Hall–Kier alpha value is -1.31. The molecule has 1 aromatic heterocycles. The highest BCUT2D eigenvalue weighted by atomic mass is 16.1. The van der Waals surface area contributed by atoms with Crippen molar-refractivity contribution in [1.29, 1.82) is 0 Å². The first kappa shape index (κ1) is 21.0. The third kappa shape index (κ3) is 11.8. The average Bonchev–Trinajstić information content (AvgIpc) is 3.05. The number of aromatic amines is 1. The highest BCUT2D eigenvalue weighted by molar-refractivity contribution is 6.04. The number of hydrogen-bond acceptors (Lipinski definition) is 1. The van der Waals surface area contributed by atoms with Crippen LogP contribution in [0.3, 0.4) is 0 Å². The van der Waals surface area contributed by atoms with Crippen LogP contribution < -0.4 is 0 Å². The monoisotopic (exact) mass is 279 g/mol. The predicted molar refractivity (Wildman–Crippen MR) is 90.3 cm³/mol. The quantitative estimate of drug-likeness (QED) is 0.344. The second-order valence-corrected chi connectivity index (χ2v) is 4.07. The van der Waals surface area contributed by atoms with Gasteiger partial charge in [-0.3, -0.25) is 4.79 Å². The van der Waals surface area contributed by atoms with Crippen LogP contribution in [0.1, 0.15) is 83.5 Å². The molecule has 0 spiro atoms. The van der Waals surface area contributed by atoms with Crippen LogP contribution in [-0.2, 0) is 0 Å². The molecule has 2 nitrogen and oxygen atoms in total. The van der Waals surface area contributed by atoms with Gasteiger partial charge in [0.15, 0.2) is 5.78 Å². The van der Waals surface area contributed by atoms with E-state index in [0.717, 1.165) is 12.0 Å². The molecule has 0 saturated carbocycles.